The van der Waals surface area contributed by atoms with Gasteiger partial charge < -0.3 is 10.1 Å². The van der Waals surface area contributed by atoms with E-state index in [1.54, 1.807) is 6.20 Å². The standard InChI is InChI=1S/C13H14N2O/c1-10-4-3-5-11(8-10)16-12-6-7-15-13(9-12)14-2/h3-9H,1-2H3,(H,14,15). The largest absolute Gasteiger partial charge is 0.457 e. The smallest absolute Gasteiger partial charge is 0.132 e. The molecule has 3 heteroatoms. The fourth-order valence-corrected chi connectivity index (χ4v) is 1.43. The van der Waals surface area contributed by atoms with Crippen LogP contribution in [0.1, 0.15) is 5.56 Å². The second-order valence-electron chi connectivity index (χ2n) is 3.55. The Morgan fingerprint density at radius 1 is 1.12 bits per heavy atom. The quantitative estimate of drug-likeness (QED) is 0.851. The lowest BCUT2D eigenvalue weighted by Gasteiger charge is -2.07. The van der Waals surface area contributed by atoms with Crippen molar-refractivity contribution in [3.8, 4) is 11.5 Å². The number of nitrogens with zero attached hydrogens (tertiary/aromatic N) is 1. The van der Waals surface area contributed by atoms with Crippen LogP contribution < -0.4 is 10.1 Å². The molecule has 0 aliphatic heterocycles. The molecule has 1 aromatic carbocycles. The van der Waals surface area contributed by atoms with Crippen molar-refractivity contribution in [3.63, 3.8) is 0 Å². The number of pyridine rings is 1. The third-order valence-electron chi connectivity index (χ3n) is 2.21. The van der Waals surface area contributed by atoms with Crippen molar-refractivity contribution >= 4 is 5.82 Å². The second-order valence-corrected chi connectivity index (χ2v) is 3.55. The molecule has 0 saturated carbocycles. The highest BCUT2D eigenvalue weighted by Gasteiger charge is 1.98. The Morgan fingerprint density at radius 3 is 2.69 bits per heavy atom. The summed E-state index contributed by atoms with van der Waals surface area (Å²) in [6.07, 6.45) is 1.72. The minimum atomic E-state index is 0.782. The van der Waals surface area contributed by atoms with Crippen LogP contribution in [0.4, 0.5) is 5.82 Å². The van der Waals surface area contributed by atoms with Crippen LogP contribution in [0.2, 0.25) is 0 Å². The fourth-order valence-electron chi connectivity index (χ4n) is 1.43. The zero-order valence-corrected chi connectivity index (χ0v) is 9.40. The average Bonchev–Trinajstić information content (AvgIpc) is 2.29. The predicted octanol–water partition coefficient (Wildman–Crippen LogP) is 3.22. The molecule has 0 spiro atoms. The molecule has 0 aliphatic carbocycles. The first-order valence-corrected chi connectivity index (χ1v) is 5.16. The summed E-state index contributed by atoms with van der Waals surface area (Å²) in [6.45, 7) is 2.04. The van der Waals surface area contributed by atoms with E-state index in [0.29, 0.717) is 0 Å². The number of aryl methyl sites for hydroxylation is 1. The van der Waals surface area contributed by atoms with Crippen molar-refractivity contribution in [2.24, 2.45) is 0 Å². The SMILES string of the molecule is CNc1cc(Oc2cccc(C)c2)ccn1. The number of anilines is 1. The molecule has 0 saturated heterocycles. The summed E-state index contributed by atoms with van der Waals surface area (Å²) in [5, 5.41) is 2.97. The van der Waals surface area contributed by atoms with Crippen LogP contribution >= 0.6 is 0 Å². The zero-order chi connectivity index (χ0) is 11.4. The Labute approximate surface area is 95.1 Å². The van der Waals surface area contributed by atoms with Crippen molar-refractivity contribution < 1.29 is 4.74 Å². The van der Waals surface area contributed by atoms with E-state index in [1.807, 2.05) is 50.4 Å². The lowest BCUT2D eigenvalue weighted by Crippen LogP contribution is -1.92. The first-order valence-electron chi connectivity index (χ1n) is 5.16. The van der Waals surface area contributed by atoms with Crippen LogP contribution in [0.25, 0.3) is 0 Å². The van der Waals surface area contributed by atoms with Gasteiger partial charge in [0, 0.05) is 19.3 Å². The van der Waals surface area contributed by atoms with Crippen LogP contribution in [0, 0.1) is 6.92 Å². The highest BCUT2D eigenvalue weighted by Crippen LogP contribution is 2.23. The molecule has 0 fully saturated rings. The van der Waals surface area contributed by atoms with Gasteiger partial charge in [-0.3, -0.25) is 0 Å². The summed E-state index contributed by atoms with van der Waals surface area (Å²) in [6, 6.07) is 11.7. The Morgan fingerprint density at radius 2 is 1.94 bits per heavy atom. The Hall–Kier alpha value is -2.03. The predicted molar refractivity (Wildman–Crippen MR) is 65.0 cm³/mol. The van der Waals surface area contributed by atoms with Gasteiger partial charge >= 0.3 is 0 Å². The van der Waals surface area contributed by atoms with E-state index in [1.165, 1.54) is 5.56 Å². The molecular formula is C13H14N2O. The molecule has 0 atom stereocenters. The van der Waals surface area contributed by atoms with Crippen LogP contribution in [0.3, 0.4) is 0 Å². The number of benzene rings is 1. The minimum Gasteiger partial charge on any atom is -0.457 e. The van der Waals surface area contributed by atoms with Gasteiger partial charge in [-0.25, -0.2) is 4.98 Å². The van der Waals surface area contributed by atoms with Crippen LogP contribution in [-0.2, 0) is 0 Å². The molecule has 2 aromatic rings. The van der Waals surface area contributed by atoms with Gasteiger partial charge in [0.2, 0.25) is 0 Å². The maximum absolute atomic E-state index is 5.72. The van der Waals surface area contributed by atoms with Gasteiger partial charge in [0.15, 0.2) is 0 Å². The lowest BCUT2D eigenvalue weighted by molar-refractivity contribution is 0.482. The molecule has 3 nitrogen and oxygen atoms in total. The molecular weight excluding hydrogens is 200 g/mol. The van der Waals surface area contributed by atoms with E-state index in [4.69, 9.17) is 4.74 Å². The number of rotatable bonds is 3. The summed E-state index contributed by atoms with van der Waals surface area (Å²) in [5.74, 6) is 2.42. The van der Waals surface area contributed by atoms with Crippen molar-refractivity contribution in [2.45, 2.75) is 6.92 Å². The Kier molecular flexibility index (Phi) is 3.05. The van der Waals surface area contributed by atoms with E-state index in [9.17, 15) is 0 Å². The van der Waals surface area contributed by atoms with Gasteiger partial charge in [-0.05, 0) is 30.7 Å². The summed E-state index contributed by atoms with van der Waals surface area (Å²) >= 11 is 0. The molecule has 0 unspecified atom stereocenters. The van der Waals surface area contributed by atoms with Crippen molar-refractivity contribution in [3.05, 3.63) is 48.2 Å². The molecule has 0 amide bonds. The maximum atomic E-state index is 5.72. The average molecular weight is 214 g/mol. The molecule has 2 rings (SSSR count). The van der Waals surface area contributed by atoms with E-state index in [0.717, 1.165) is 17.3 Å². The molecule has 1 aromatic heterocycles. The topological polar surface area (TPSA) is 34.1 Å². The zero-order valence-electron chi connectivity index (χ0n) is 9.40. The van der Waals surface area contributed by atoms with Gasteiger partial charge in [-0.1, -0.05) is 12.1 Å². The van der Waals surface area contributed by atoms with E-state index in [-0.39, 0.29) is 0 Å². The number of hydrogen-bond acceptors (Lipinski definition) is 3. The normalized spacial score (nSPS) is 9.88. The first-order chi connectivity index (χ1) is 7.78. The summed E-state index contributed by atoms with van der Waals surface area (Å²) in [5.41, 5.74) is 1.18. The van der Waals surface area contributed by atoms with Crippen LogP contribution in [-0.4, -0.2) is 12.0 Å². The van der Waals surface area contributed by atoms with Crippen LogP contribution in [0.15, 0.2) is 42.6 Å². The Balaban J connectivity index is 2.20. The van der Waals surface area contributed by atoms with Crippen molar-refractivity contribution in [1.82, 2.24) is 4.98 Å². The van der Waals surface area contributed by atoms with Gasteiger partial charge in [-0.2, -0.15) is 0 Å². The first kappa shape index (κ1) is 10.5. The van der Waals surface area contributed by atoms with Crippen molar-refractivity contribution in [2.75, 3.05) is 12.4 Å². The van der Waals surface area contributed by atoms with Gasteiger partial charge in [0.25, 0.3) is 0 Å². The third kappa shape index (κ3) is 2.51. The lowest BCUT2D eigenvalue weighted by atomic mass is 10.2. The highest BCUT2D eigenvalue weighted by atomic mass is 16.5. The molecule has 0 radical (unpaired) electrons. The molecule has 1 heterocycles. The number of aromatic nitrogens is 1. The molecule has 0 bridgehead atoms. The monoisotopic (exact) mass is 214 g/mol. The summed E-state index contributed by atoms with van der Waals surface area (Å²) in [7, 11) is 1.83. The van der Waals surface area contributed by atoms with Crippen LogP contribution in [0.5, 0.6) is 11.5 Å². The van der Waals surface area contributed by atoms with Crippen molar-refractivity contribution in [1.29, 1.82) is 0 Å². The second kappa shape index (κ2) is 4.66. The molecule has 16 heavy (non-hydrogen) atoms. The molecule has 0 aliphatic rings. The minimum absolute atomic E-state index is 0.782. The van der Waals surface area contributed by atoms with Gasteiger partial charge in [0.1, 0.15) is 17.3 Å². The Bertz CT molecular complexity index is 483. The van der Waals surface area contributed by atoms with E-state index in [2.05, 4.69) is 10.3 Å². The maximum Gasteiger partial charge on any atom is 0.132 e. The summed E-state index contributed by atoms with van der Waals surface area (Å²) < 4.78 is 5.72. The third-order valence-corrected chi connectivity index (χ3v) is 2.21. The number of nitrogens with one attached hydrogen (secondary N) is 1. The van der Waals surface area contributed by atoms with Gasteiger partial charge in [-0.15, -0.1) is 0 Å². The number of hydrogen-bond donors (Lipinski definition) is 1. The van der Waals surface area contributed by atoms with E-state index >= 15 is 0 Å². The van der Waals surface area contributed by atoms with Gasteiger partial charge in [0.05, 0.1) is 0 Å². The molecule has 1 N–H and O–H groups in total. The van der Waals surface area contributed by atoms with E-state index < -0.39 is 0 Å². The molecule has 82 valence electrons. The highest BCUT2D eigenvalue weighted by molar-refractivity contribution is 5.42. The fraction of sp³-hybridized carbons (Fsp3) is 0.154. The number of ether oxygens (including phenoxy) is 1. The summed E-state index contributed by atoms with van der Waals surface area (Å²) in [4.78, 5) is 4.13.